The minimum Gasteiger partial charge on any atom is -0.324 e. The summed E-state index contributed by atoms with van der Waals surface area (Å²) in [7, 11) is -4.37. The van der Waals surface area contributed by atoms with Gasteiger partial charge in [0.15, 0.2) is 0 Å². The van der Waals surface area contributed by atoms with Gasteiger partial charge in [0.1, 0.15) is 0 Å². The van der Waals surface area contributed by atoms with Crippen LogP contribution in [0.2, 0.25) is 0 Å². The Morgan fingerprint density at radius 2 is 1.76 bits per heavy atom. The van der Waals surface area contributed by atoms with Crippen LogP contribution in [0.1, 0.15) is 11.1 Å². The first-order chi connectivity index (χ1) is 15.4. The van der Waals surface area contributed by atoms with Gasteiger partial charge in [-0.25, -0.2) is 8.42 Å². The molecule has 1 N–H and O–H groups in total. The number of carbonyl (C=O) groups excluding carboxylic acids is 1. The fourth-order valence-corrected chi connectivity index (χ4v) is 5.08. The number of sulfonamides is 1. The van der Waals surface area contributed by atoms with Crippen LogP contribution in [-0.4, -0.2) is 61.2 Å². The lowest BCUT2D eigenvalue weighted by atomic mass is 10.2. The van der Waals surface area contributed by atoms with Gasteiger partial charge in [-0.2, -0.15) is 17.5 Å². The minimum atomic E-state index is -4.81. The number of benzene rings is 2. The highest BCUT2D eigenvalue weighted by atomic mass is 32.2. The number of non-ortho nitro benzene ring substituents is 1. The summed E-state index contributed by atoms with van der Waals surface area (Å²) < 4.78 is 66.4. The maximum Gasteiger partial charge on any atom is 0.417 e. The lowest BCUT2D eigenvalue weighted by molar-refractivity contribution is -0.384. The fraction of sp³-hybridized carbons (Fsp3) is 0.350. The molecule has 178 valence electrons. The quantitative estimate of drug-likeness (QED) is 0.496. The molecule has 13 heteroatoms. The van der Waals surface area contributed by atoms with Crippen molar-refractivity contribution >= 4 is 27.3 Å². The van der Waals surface area contributed by atoms with Gasteiger partial charge in [-0.05, 0) is 24.6 Å². The normalized spacial score (nSPS) is 15.9. The first-order valence-electron chi connectivity index (χ1n) is 9.83. The highest BCUT2D eigenvalue weighted by Gasteiger charge is 2.39. The number of rotatable bonds is 6. The van der Waals surface area contributed by atoms with Crippen LogP contribution < -0.4 is 5.32 Å². The van der Waals surface area contributed by atoms with Crippen molar-refractivity contribution in [2.75, 3.05) is 38.0 Å². The summed E-state index contributed by atoms with van der Waals surface area (Å²) in [5.41, 5.74) is -0.472. The molecule has 1 aliphatic rings. The van der Waals surface area contributed by atoms with E-state index in [-0.39, 0.29) is 38.4 Å². The Bertz CT molecular complexity index is 1160. The maximum absolute atomic E-state index is 13.3. The van der Waals surface area contributed by atoms with Crippen LogP contribution in [0, 0.1) is 17.0 Å². The lowest BCUT2D eigenvalue weighted by Gasteiger charge is -2.34. The molecule has 0 spiro atoms. The van der Waals surface area contributed by atoms with E-state index >= 15 is 0 Å². The lowest BCUT2D eigenvalue weighted by Crippen LogP contribution is -2.50. The van der Waals surface area contributed by atoms with Crippen LogP contribution >= 0.6 is 0 Å². The van der Waals surface area contributed by atoms with Gasteiger partial charge in [-0.3, -0.25) is 19.8 Å². The average Bonchev–Trinajstić information content (AvgIpc) is 2.75. The third-order valence-electron chi connectivity index (χ3n) is 5.21. The number of piperazine rings is 1. The maximum atomic E-state index is 13.3. The van der Waals surface area contributed by atoms with E-state index in [1.807, 2.05) is 0 Å². The van der Waals surface area contributed by atoms with E-state index in [1.165, 1.54) is 24.3 Å². The largest absolute Gasteiger partial charge is 0.417 e. The van der Waals surface area contributed by atoms with Gasteiger partial charge in [0.25, 0.3) is 5.69 Å². The first kappa shape index (κ1) is 24.6. The SMILES string of the molecule is Cc1ccc([N+](=O)[O-])cc1NC(=O)CN1CCN(S(=O)(=O)c2ccccc2C(F)(F)F)CC1. The van der Waals surface area contributed by atoms with Gasteiger partial charge in [-0.15, -0.1) is 0 Å². The molecular formula is C20H21F3N4O5S. The number of nitrogens with one attached hydrogen (secondary N) is 1. The Hall–Kier alpha value is -3.03. The average molecular weight is 486 g/mol. The molecule has 0 atom stereocenters. The van der Waals surface area contributed by atoms with Gasteiger partial charge in [0, 0.05) is 38.3 Å². The number of hydrogen-bond donors (Lipinski definition) is 1. The van der Waals surface area contributed by atoms with Crippen LogP contribution in [0.25, 0.3) is 0 Å². The molecule has 0 aromatic heterocycles. The first-order valence-corrected chi connectivity index (χ1v) is 11.3. The van der Waals surface area contributed by atoms with Crippen molar-refractivity contribution in [3.05, 3.63) is 63.7 Å². The molecule has 3 rings (SSSR count). The predicted octanol–water partition coefficient (Wildman–Crippen LogP) is 2.87. The van der Waals surface area contributed by atoms with Gasteiger partial charge in [0.2, 0.25) is 15.9 Å². The number of alkyl halides is 3. The fourth-order valence-electron chi connectivity index (χ4n) is 3.44. The summed E-state index contributed by atoms with van der Waals surface area (Å²) >= 11 is 0. The molecule has 0 unspecified atom stereocenters. The summed E-state index contributed by atoms with van der Waals surface area (Å²) in [6.07, 6.45) is -4.81. The molecule has 0 radical (unpaired) electrons. The molecule has 1 aliphatic heterocycles. The summed E-state index contributed by atoms with van der Waals surface area (Å²) in [6.45, 7) is 1.68. The number of carbonyl (C=O) groups is 1. The van der Waals surface area contributed by atoms with Crippen LogP contribution in [0.15, 0.2) is 47.4 Å². The monoisotopic (exact) mass is 486 g/mol. The van der Waals surface area contributed by atoms with E-state index in [2.05, 4.69) is 5.32 Å². The number of hydrogen-bond acceptors (Lipinski definition) is 6. The molecular weight excluding hydrogens is 465 g/mol. The van der Waals surface area contributed by atoms with Crippen molar-refractivity contribution in [3.8, 4) is 0 Å². The zero-order chi connectivity index (χ0) is 24.4. The number of nitro benzene ring substituents is 1. The summed E-state index contributed by atoms with van der Waals surface area (Å²) in [6, 6.07) is 8.09. The number of halogens is 3. The van der Waals surface area contributed by atoms with E-state index in [4.69, 9.17) is 0 Å². The third kappa shape index (κ3) is 5.67. The summed E-state index contributed by atoms with van der Waals surface area (Å²) in [4.78, 5) is 23.6. The Balaban J connectivity index is 1.63. The van der Waals surface area contributed by atoms with Crippen molar-refractivity contribution < 1.29 is 31.3 Å². The molecule has 1 heterocycles. The van der Waals surface area contributed by atoms with Gasteiger partial charge in [-0.1, -0.05) is 18.2 Å². The molecule has 33 heavy (non-hydrogen) atoms. The molecule has 0 saturated carbocycles. The number of anilines is 1. The highest BCUT2D eigenvalue weighted by Crippen LogP contribution is 2.35. The Labute approximate surface area is 188 Å². The highest BCUT2D eigenvalue weighted by molar-refractivity contribution is 7.89. The molecule has 0 aliphatic carbocycles. The molecule has 2 aromatic rings. The van der Waals surface area contributed by atoms with Crippen molar-refractivity contribution in [1.29, 1.82) is 0 Å². The van der Waals surface area contributed by atoms with Crippen LogP contribution in [0.3, 0.4) is 0 Å². The zero-order valence-electron chi connectivity index (χ0n) is 17.5. The van der Waals surface area contributed by atoms with E-state index < -0.39 is 37.5 Å². The van der Waals surface area contributed by atoms with Crippen LogP contribution in [-0.2, 0) is 21.0 Å². The van der Waals surface area contributed by atoms with Gasteiger partial charge in [0.05, 0.1) is 27.6 Å². The van der Waals surface area contributed by atoms with E-state index in [1.54, 1.807) is 11.8 Å². The molecule has 1 saturated heterocycles. The standard InChI is InChI=1S/C20H21F3N4O5S/c1-14-6-7-15(27(29)30)12-17(14)24-19(28)13-25-8-10-26(11-9-25)33(31,32)18-5-3-2-4-16(18)20(21,22)23/h2-7,12H,8-11,13H2,1H3,(H,24,28). The summed E-state index contributed by atoms with van der Waals surface area (Å²) in [5.74, 6) is -0.447. The van der Waals surface area contributed by atoms with Crippen molar-refractivity contribution in [3.63, 3.8) is 0 Å². The second kappa shape index (κ2) is 9.45. The third-order valence-corrected chi connectivity index (χ3v) is 7.17. The van der Waals surface area contributed by atoms with Crippen molar-refractivity contribution in [1.82, 2.24) is 9.21 Å². The second-order valence-corrected chi connectivity index (χ2v) is 9.39. The van der Waals surface area contributed by atoms with Gasteiger partial charge >= 0.3 is 6.18 Å². The number of amides is 1. The smallest absolute Gasteiger partial charge is 0.324 e. The number of aryl methyl sites for hydroxylation is 1. The molecule has 1 fully saturated rings. The molecule has 1 amide bonds. The second-order valence-electron chi connectivity index (χ2n) is 7.48. The van der Waals surface area contributed by atoms with Crippen LogP contribution in [0.5, 0.6) is 0 Å². The zero-order valence-corrected chi connectivity index (χ0v) is 18.3. The van der Waals surface area contributed by atoms with E-state index in [9.17, 15) is 36.5 Å². The van der Waals surface area contributed by atoms with E-state index in [0.29, 0.717) is 11.3 Å². The topological polar surface area (TPSA) is 113 Å². The molecule has 2 aromatic carbocycles. The molecule has 0 bridgehead atoms. The number of nitro groups is 1. The predicted molar refractivity (Wildman–Crippen MR) is 113 cm³/mol. The van der Waals surface area contributed by atoms with Gasteiger partial charge < -0.3 is 5.32 Å². The molecule has 9 nitrogen and oxygen atoms in total. The number of nitrogens with zero attached hydrogens (tertiary/aromatic N) is 3. The minimum absolute atomic E-state index is 0.0857. The summed E-state index contributed by atoms with van der Waals surface area (Å²) in [5, 5.41) is 13.5. The Morgan fingerprint density at radius 3 is 2.36 bits per heavy atom. The Kier molecular flexibility index (Phi) is 7.05. The van der Waals surface area contributed by atoms with Crippen molar-refractivity contribution in [2.24, 2.45) is 0 Å². The van der Waals surface area contributed by atoms with Crippen molar-refractivity contribution in [2.45, 2.75) is 18.0 Å². The van der Waals surface area contributed by atoms with E-state index in [0.717, 1.165) is 22.5 Å². The van der Waals surface area contributed by atoms with Crippen LogP contribution in [0.4, 0.5) is 24.5 Å². The Morgan fingerprint density at radius 1 is 1.12 bits per heavy atom.